The molecule has 1 aromatic carbocycles. The summed E-state index contributed by atoms with van der Waals surface area (Å²) in [4.78, 5) is 7.73. The highest BCUT2D eigenvalue weighted by molar-refractivity contribution is 7.98. The quantitative estimate of drug-likeness (QED) is 0.677. The molecular weight excluding hydrogens is 320 g/mol. The van der Waals surface area contributed by atoms with E-state index in [9.17, 15) is 0 Å². The summed E-state index contributed by atoms with van der Waals surface area (Å²) >= 11 is 1.67. The number of aromatic nitrogens is 1. The molecular formula is C19H24N2O2S. The van der Waals surface area contributed by atoms with Gasteiger partial charge in [0.15, 0.2) is 0 Å². The van der Waals surface area contributed by atoms with Gasteiger partial charge < -0.3 is 9.47 Å². The van der Waals surface area contributed by atoms with Crippen LogP contribution in [0, 0.1) is 0 Å². The highest BCUT2D eigenvalue weighted by Gasteiger charge is 2.29. The van der Waals surface area contributed by atoms with Crippen molar-refractivity contribution in [2.75, 3.05) is 20.5 Å². The Hall–Kier alpha value is -1.72. The lowest BCUT2D eigenvalue weighted by atomic mass is 10.1. The molecule has 0 radical (unpaired) electrons. The molecule has 1 aliphatic carbocycles. The van der Waals surface area contributed by atoms with Gasteiger partial charge in [-0.1, -0.05) is 0 Å². The molecule has 5 heteroatoms. The second-order valence-corrected chi connectivity index (χ2v) is 6.86. The smallest absolute Gasteiger partial charge is 0.132 e. The third-order valence-corrected chi connectivity index (χ3v) is 5.12. The Morgan fingerprint density at radius 1 is 1.08 bits per heavy atom. The monoisotopic (exact) mass is 344 g/mol. The molecule has 1 fully saturated rings. The van der Waals surface area contributed by atoms with E-state index >= 15 is 0 Å². The van der Waals surface area contributed by atoms with E-state index in [2.05, 4.69) is 40.4 Å². The van der Waals surface area contributed by atoms with Crippen molar-refractivity contribution in [3.8, 4) is 11.5 Å². The Morgan fingerprint density at radius 3 is 2.38 bits per heavy atom. The maximum absolute atomic E-state index is 5.63. The van der Waals surface area contributed by atoms with E-state index < -0.39 is 0 Å². The van der Waals surface area contributed by atoms with Crippen molar-refractivity contribution in [2.24, 2.45) is 0 Å². The van der Waals surface area contributed by atoms with Crippen LogP contribution in [0.25, 0.3) is 0 Å². The van der Waals surface area contributed by atoms with Crippen LogP contribution in [0.3, 0.4) is 0 Å². The first-order chi connectivity index (χ1) is 11.7. The standard InChI is InChI=1S/C19H24N2O2S/c1-22-17-11-19(24-3)18(23-2)10-15(17)13-21(16-4-5-16)12-14-6-8-20-9-7-14/h6-11,16H,4-5,12-13H2,1-3H3. The molecule has 1 saturated carbocycles. The first-order valence-corrected chi connectivity index (χ1v) is 9.39. The van der Waals surface area contributed by atoms with Gasteiger partial charge >= 0.3 is 0 Å². The Bertz CT molecular complexity index is 675. The predicted octanol–water partition coefficient (Wildman–Crippen LogP) is 3.99. The van der Waals surface area contributed by atoms with Crippen molar-refractivity contribution >= 4 is 11.8 Å². The maximum Gasteiger partial charge on any atom is 0.132 e. The molecule has 0 spiro atoms. The van der Waals surface area contributed by atoms with Gasteiger partial charge in [-0.2, -0.15) is 0 Å². The molecule has 1 aromatic heterocycles. The van der Waals surface area contributed by atoms with Gasteiger partial charge in [-0.15, -0.1) is 11.8 Å². The average Bonchev–Trinajstić information content (AvgIpc) is 3.46. The number of rotatable bonds is 8. The van der Waals surface area contributed by atoms with E-state index in [1.165, 1.54) is 24.0 Å². The normalized spacial score (nSPS) is 14.0. The van der Waals surface area contributed by atoms with Gasteiger partial charge in [0, 0.05) is 37.1 Å². The number of ether oxygens (including phenoxy) is 2. The maximum atomic E-state index is 5.63. The van der Waals surface area contributed by atoms with Crippen molar-refractivity contribution in [2.45, 2.75) is 36.9 Å². The molecule has 128 valence electrons. The fraction of sp³-hybridized carbons (Fsp3) is 0.421. The van der Waals surface area contributed by atoms with Crippen LogP contribution in [-0.4, -0.2) is 36.4 Å². The highest BCUT2D eigenvalue weighted by atomic mass is 32.2. The van der Waals surface area contributed by atoms with E-state index in [0.717, 1.165) is 29.5 Å². The number of hydrogen-bond donors (Lipinski definition) is 0. The molecule has 3 rings (SSSR count). The van der Waals surface area contributed by atoms with E-state index in [1.54, 1.807) is 26.0 Å². The Morgan fingerprint density at radius 2 is 1.79 bits per heavy atom. The minimum atomic E-state index is 0.661. The molecule has 1 heterocycles. The van der Waals surface area contributed by atoms with Gasteiger partial charge in [0.25, 0.3) is 0 Å². The van der Waals surface area contributed by atoms with Gasteiger partial charge in [0.2, 0.25) is 0 Å². The SMILES string of the molecule is COc1cc(SC)c(OC)cc1CN(Cc1ccncc1)C1CC1. The lowest BCUT2D eigenvalue weighted by Gasteiger charge is -2.24. The van der Waals surface area contributed by atoms with Crippen molar-refractivity contribution in [3.63, 3.8) is 0 Å². The zero-order chi connectivity index (χ0) is 16.9. The van der Waals surface area contributed by atoms with Crippen LogP contribution < -0.4 is 9.47 Å². The second-order valence-electron chi connectivity index (χ2n) is 6.01. The molecule has 0 atom stereocenters. The van der Waals surface area contributed by atoms with Crippen molar-refractivity contribution in [1.29, 1.82) is 0 Å². The van der Waals surface area contributed by atoms with Crippen molar-refractivity contribution < 1.29 is 9.47 Å². The Labute approximate surface area is 148 Å². The summed E-state index contributed by atoms with van der Waals surface area (Å²) in [5, 5.41) is 0. The van der Waals surface area contributed by atoms with Crippen LogP contribution in [0.4, 0.5) is 0 Å². The summed E-state index contributed by atoms with van der Waals surface area (Å²) < 4.78 is 11.2. The number of thioether (sulfide) groups is 1. The number of methoxy groups -OCH3 is 2. The lowest BCUT2D eigenvalue weighted by molar-refractivity contribution is 0.241. The summed E-state index contributed by atoms with van der Waals surface area (Å²) in [6.45, 7) is 1.80. The largest absolute Gasteiger partial charge is 0.496 e. The molecule has 0 N–H and O–H groups in total. The van der Waals surface area contributed by atoms with Gasteiger partial charge in [0.05, 0.1) is 19.1 Å². The third-order valence-electron chi connectivity index (χ3n) is 4.36. The van der Waals surface area contributed by atoms with E-state index in [1.807, 2.05) is 12.4 Å². The highest BCUT2D eigenvalue weighted by Crippen LogP contribution is 2.37. The Balaban J connectivity index is 1.84. The van der Waals surface area contributed by atoms with Crippen molar-refractivity contribution in [3.05, 3.63) is 47.8 Å². The van der Waals surface area contributed by atoms with Crippen LogP contribution in [0.2, 0.25) is 0 Å². The topological polar surface area (TPSA) is 34.6 Å². The summed E-state index contributed by atoms with van der Waals surface area (Å²) in [6, 6.07) is 9.03. The number of nitrogens with zero attached hydrogens (tertiary/aromatic N) is 2. The lowest BCUT2D eigenvalue weighted by Crippen LogP contribution is -2.25. The minimum Gasteiger partial charge on any atom is -0.496 e. The minimum absolute atomic E-state index is 0.661. The number of pyridine rings is 1. The summed E-state index contributed by atoms with van der Waals surface area (Å²) in [7, 11) is 3.46. The number of hydrogen-bond acceptors (Lipinski definition) is 5. The average molecular weight is 344 g/mol. The zero-order valence-corrected chi connectivity index (χ0v) is 15.3. The van der Waals surface area contributed by atoms with Gasteiger partial charge in [-0.05, 0) is 48.9 Å². The van der Waals surface area contributed by atoms with Crippen LogP contribution in [0.15, 0.2) is 41.6 Å². The molecule has 1 aliphatic rings. The van der Waals surface area contributed by atoms with Crippen LogP contribution >= 0.6 is 11.8 Å². The number of benzene rings is 1. The molecule has 24 heavy (non-hydrogen) atoms. The predicted molar refractivity (Wildman–Crippen MR) is 97.8 cm³/mol. The zero-order valence-electron chi connectivity index (χ0n) is 14.5. The summed E-state index contributed by atoms with van der Waals surface area (Å²) in [6.07, 6.45) is 8.31. The molecule has 2 aromatic rings. The second kappa shape index (κ2) is 7.90. The Kier molecular flexibility index (Phi) is 5.63. The molecule has 0 unspecified atom stereocenters. The molecule has 0 saturated heterocycles. The molecule has 0 aliphatic heterocycles. The van der Waals surface area contributed by atoms with Gasteiger partial charge in [0.1, 0.15) is 11.5 Å². The first kappa shape index (κ1) is 17.1. The van der Waals surface area contributed by atoms with Crippen LogP contribution in [-0.2, 0) is 13.1 Å². The van der Waals surface area contributed by atoms with E-state index in [-0.39, 0.29) is 0 Å². The van der Waals surface area contributed by atoms with Crippen LogP contribution in [0.5, 0.6) is 11.5 Å². The van der Waals surface area contributed by atoms with Gasteiger partial charge in [-0.25, -0.2) is 0 Å². The van der Waals surface area contributed by atoms with Crippen molar-refractivity contribution in [1.82, 2.24) is 9.88 Å². The van der Waals surface area contributed by atoms with E-state index in [4.69, 9.17) is 9.47 Å². The molecule has 0 bridgehead atoms. The summed E-state index contributed by atoms with van der Waals surface area (Å²) in [5.74, 6) is 1.85. The molecule has 0 amide bonds. The third kappa shape index (κ3) is 4.02. The fourth-order valence-electron chi connectivity index (χ4n) is 2.91. The molecule has 4 nitrogen and oxygen atoms in total. The first-order valence-electron chi connectivity index (χ1n) is 8.17. The van der Waals surface area contributed by atoms with E-state index in [0.29, 0.717) is 6.04 Å². The summed E-state index contributed by atoms with van der Waals surface area (Å²) in [5.41, 5.74) is 2.47. The van der Waals surface area contributed by atoms with Crippen LogP contribution in [0.1, 0.15) is 24.0 Å². The fourth-order valence-corrected chi connectivity index (χ4v) is 3.48. The van der Waals surface area contributed by atoms with Gasteiger partial charge in [-0.3, -0.25) is 9.88 Å².